The molecule has 1 aliphatic rings. The Kier molecular flexibility index (Phi) is 5.22. The van der Waals surface area contributed by atoms with Gasteiger partial charge in [0.15, 0.2) is 17.5 Å². The van der Waals surface area contributed by atoms with E-state index in [1.807, 2.05) is 0 Å². The van der Waals surface area contributed by atoms with Gasteiger partial charge in [0, 0.05) is 18.2 Å². The van der Waals surface area contributed by atoms with E-state index in [9.17, 15) is 18.0 Å². The van der Waals surface area contributed by atoms with Gasteiger partial charge in [0.05, 0.1) is 0 Å². The van der Waals surface area contributed by atoms with Crippen LogP contribution in [0.15, 0.2) is 12.1 Å². The molecule has 1 aliphatic heterocycles. The van der Waals surface area contributed by atoms with Gasteiger partial charge < -0.3 is 10.6 Å². The summed E-state index contributed by atoms with van der Waals surface area (Å²) in [6.07, 6.45) is 3.22. The molecule has 1 amide bonds. The van der Waals surface area contributed by atoms with Crippen LogP contribution >= 0.6 is 0 Å². The number of piperidine rings is 1. The van der Waals surface area contributed by atoms with Crippen LogP contribution in [0.5, 0.6) is 0 Å². The highest BCUT2D eigenvalue weighted by Crippen LogP contribution is 2.19. The number of nitrogens with one attached hydrogen (secondary N) is 2. The smallest absolute Gasteiger partial charge is 0.251 e. The first-order chi connectivity index (χ1) is 10.0. The quantitative estimate of drug-likeness (QED) is 0.839. The Morgan fingerprint density at radius 2 is 2.00 bits per heavy atom. The highest BCUT2D eigenvalue weighted by Gasteiger charge is 2.24. The van der Waals surface area contributed by atoms with E-state index in [4.69, 9.17) is 0 Å². The lowest BCUT2D eigenvalue weighted by molar-refractivity contribution is 0.0941. The topological polar surface area (TPSA) is 41.1 Å². The standard InChI is InChI=1S/C15H19F3N2O/c1-2-9-4-3-5-19-13(9)8-20-15(21)10-6-11(16)14(18)12(17)7-10/h6-7,9,13,19H,2-5,8H2,1H3,(H,20,21). The third-order valence-electron chi connectivity index (χ3n) is 3.98. The molecule has 1 heterocycles. The van der Waals surface area contributed by atoms with Gasteiger partial charge in [-0.2, -0.15) is 0 Å². The maximum Gasteiger partial charge on any atom is 0.251 e. The molecule has 3 nitrogen and oxygen atoms in total. The summed E-state index contributed by atoms with van der Waals surface area (Å²) in [5.41, 5.74) is -0.213. The molecule has 2 N–H and O–H groups in total. The summed E-state index contributed by atoms with van der Waals surface area (Å²) >= 11 is 0. The van der Waals surface area contributed by atoms with Gasteiger partial charge in [-0.05, 0) is 37.4 Å². The van der Waals surface area contributed by atoms with Crippen molar-refractivity contribution in [2.24, 2.45) is 5.92 Å². The van der Waals surface area contributed by atoms with Crippen LogP contribution in [0.4, 0.5) is 13.2 Å². The van der Waals surface area contributed by atoms with Crippen LogP contribution in [0.3, 0.4) is 0 Å². The van der Waals surface area contributed by atoms with Crippen molar-refractivity contribution in [2.75, 3.05) is 13.1 Å². The van der Waals surface area contributed by atoms with Crippen LogP contribution in [0.1, 0.15) is 36.5 Å². The van der Waals surface area contributed by atoms with E-state index in [-0.39, 0.29) is 11.6 Å². The number of rotatable bonds is 4. The number of hydrogen-bond donors (Lipinski definition) is 2. The van der Waals surface area contributed by atoms with Gasteiger partial charge in [-0.3, -0.25) is 4.79 Å². The first-order valence-corrected chi connectivity index (χ1v) is 7.19. The van der Waals surface area contributed by atoms with E-state index in [0.717, 1.165) is 25.8 Å². The van der Waals surface area contributed by atoms with Crippen LogP contribution in [-0.4, -0.2) is 25.0 Å². The molecule has 0 saturated carbocycles. The summed E-state index contributed by atoms with van der Waals surface area (Å²) < 4.78 is 39.1. The number of carbonyl (C=O) groups is 1. The Labute approximate surface area is 121 Å². The van der Waals surface area contributed by atoms with Crippen molar-refractivity contribution in [1.29, 1.82) is 0 Å². The highest BCUT2D eigenvalue weighted by atomic mass is 19.2. The molecule has 116 valence electrons. The number of carbonyl (C=O) groups excluding carboxylic acids is 1. The molecule has 1 aromatic rings. The Bertz CT molecular complexity index is 499. The van der Waals surface area contributed by atoms with Crippen LogP contribution in [-0.2, 0) is 0 Å². The van der Waals surface area contributed by atoms with Gasteiger partial charge in [-0.25, -0.2) is 13.2 Å². The van der Waals surface area contributed by atoms with E-state index in [0.29, 0.717) is 24.6 Å². The number of benzene rings is 1. The van der Waals surface area contributed by atoms with Crippen molar-refractivity contribution < 1.29 is 18.0 Å². The van der Waals surface area contributed by atoms with Gasteiger partial charge in [-0.15, -0.1) is 0 Å². The van der Waals surface area contributed by atoms with E-state index in [1.54, 1.807) is 0 Å². The van der Waals surface area contributed by atoms with E-state index < -0.39 is 23.4 Å². The molecule has 2 unspecified atom stereocenters. The fourth-order valence-corrected chi connectivity index (χ4v) is 2.74. The molecule has 0 bridgehead atoms. The lowest BCUT2D eigenvalue weighted by Crippen LogP contribution is -2.48. The van der Waals surface area contributed by atoms with Crippen molar-refractivity contribution in [3.63, 3.8) is 0 Å². The van der Waals surface area contributed by atoms with E-state index in [1.165, 1.54) is 0 Å². The molecule has 1 fully saturated rings. The van der Waals surface area contributed by atoms with Gasteiger partial charge in [-0.1, -0.05) is 13.3 Å². The maximum absolute atomic E-state index is 13.1. The van der Waals surface area contributed by atoms with E-state index >= 15 is 0 Å². The minimum atomic E-state index is -1.56. The molecule has 2 atom stereocenters. The second kappa shape index (κ2) is 6.93. The lowest BCUT2D eigenvalue weighted by atomic mass is 9.88. The zero-order chi connectivity index (χ0) is 15.4. The largest absolute Gasteiger partial charge is 0.350 e. The second-order valence-electron chi connectivity index (χ2n) is 5.34. The lowest BCUT2D eigenvalue weighted by Gasteiger charge is -2.32. The molecule has 1 aromatic carbocycles. The predicted octanol–water partition coefficient (Wildman–Crippen LogP) is 2.61. The maximum atomic E-state index is 13.1. The SMILES string of the molecule is CCC1CCCNC1CNC(=O)c1cc(F)c(F)c(F)c1. The zero-order valence-corrected chi connectivity index (χ0v) is 11.9. The van der Waals surface area contributed by atoms with E-state index in [2.05, 4.69) is 17.6 Å². The highest BCUT2D eigenvalue weighted by molar-refractivity contribution is 5.94. The summed E-state index contributed by atoms with van der Waals surface area (Å²) in [6.45, 7) is 3.38. The van der Waals surface area contributed by atoms with Crippen molar-refractivity contribution in [1.82, 2.24) is 10.6 Å². The summed E-state index contributed by atoms with van der Waals surface area (Å²) in [6, 6.07) is 1.57. The molecule has 1 saturated heterocycles. The first kappa shape index (κ1) is 15.8. The molecule has 6 heteroatoms. The molecular weight excluding hydrogens is 281 g/mol. The average molecular weight is 300 g/mol. The Morgan fingerprint density at radius 1 is 1.33 bits per heavy atom. The number of hydrogen-bond acceptors (Lipinski definition) is 2. The van der Waals surface area contributed by atoms with Crippen molar-refractivity contribution in [3.8, 4) is 0 Å². The number of amides is 1. The molecule has 0 spiro atoms. The average Bonchev–Trinajstić information content (AvgIpc) is 2.49. The fraction of sp³-hybridized carbons (Fsp3) is 0.533. The molecule has 0 radical (unpaired) electrons. The Morgan fingerprint density at radius 3 is 2.62 bits per heavy atom. The molecule has 21 heavy (non-hydrogen) atoms. The van der Waals surface area contributed by atoms with Gasteiger partial charge in [0.1, 0.15) is 0 Å². The molecule has 2 rings (SSSR count). The normalized spacial score (nSPS) is 22.1. The van der Waals surface area contributed by atoms with Gasteiger partial charge in [0.25, 0.3) is 5.91 Å². The minimum absolute atomic E-state index is 0.155. The summed E-state index contributed by atoms with van der Waals surface area (Å²) in [5, 5.41) is 5.99. The summed E-state index contributed by atoms with van der Waals surface area (Å²) in [4.78, 5) is 11.9. The Hall–Kier alpha value is -1.56. The van der Waals surface area contributed by atoms with Gasteiger partial charge in [0.2, 0.25) is 0 Å². The third kappa shape index (κ3) is 3.75. The summed E-state index contributed by atoms with van der Waals surface area (Å²) in [5.74, 6) is -4.41. The van der Waals surface area contributed by atoms with Crippen molar-refractivity contribution in [3.05, 3.63) is 35.1 Å². The van der Waals surface area contributed by atoms with Crippen LogP contribution < -0.4 is 10.6 Å². The second-order valence-corrected chi connectivity index (χ2v) is 5.34. The molecule has 0 aromatic heterocycles. The van der Waals surface area contributed by atoms with Crippen molar-refractivity contribution in [2.45, 2.75) is 32.2 Å². The number of halogens is 3. The molecule has 0 aliphatic carbocycles. The fourth-order valence-electron chi connectivity index (χ4n) is 2.74. The first-order valence-electron chi connectivity index (χ1n) is 7.19. The van der Waals surface area contributed by atoms with Crippen LogP contribution in [0.2, 0.25) is 0 Å². The summed E-state index contributed by atoms with van der Waals surface area (Å²) in [7, 11) is 0. The van der Waals surface area contributed by atoms with Gasteiger partial charge >= 0.3 is 0 Å². The van der Waals surface area contributed by atoms with Crippen molar-refractivity contribution >= 4 is 5.91 Å². The minimum Gasteiger partial charge on any atom is -0.350 e. The van der Waals surface area contributed by atoms with Crippen LogP contribution in [0, 0.1) is 23.4 Å². The predicted molar refractivity (Wildman–Crippen MR) is 73.5 cm³/mol. The monoisotopic (exact) mass is 300 g/mol. The third-order valence-corrected chi connectivity index (χ3v) is 3.98. The Balaban J connectivity index is 1.98. The molecular formula is C15H19F3N2O. The van der Waals surface area contributed by atoms with Crippen LogP contribution in [0.25, 0.3) is 0 Å². The zero-order valence-electron chi connectivity index (χ0n) is 11.9.